The molecule has 130 valence electrons. The molecule has 1 aromatic rings. The highest BCUT2D eigenvalue weighted by molar-refractivity contribution is 5.30. The summed E-state index contributed by atoms with van der Waals surface area (Å²) in [5, 5.41) is 0. The lowest BCUT2D eigenvalue weighted by atomic mass is 10.2. The van der Waals surface area contributed by atoms with Gasteiger partial charge in [-0.2, -0.15) is 13.2 Å². The fraction of sp³-hybridized carbons (Fsp3) is 0.647. The van der Waals surface area contributed by atoms with E-state index < -0.39 is 11.7 Å². The van der Waals surface area contributed by atoms with Crippen molar-refractivity contribution in [2.45, 2.75) is 25.9 Å². The second-order valence-electron chi connectivity index (χ2n) is 6.18. The Labute approximate surface area is 136 Å². The van der Waals surface area contributed by atoms with Crippen LogP contribution in [0.5, 0.6) is 5.75 Å². The van der Waals surface area contributed by atoms with E-state index in [2.05, 4.69) is 6.92 Å². The number of alkyl halides is 3. The van der Waals surface area contributed by atoms with Crippen LogP contribution in [0, 0.1) is 0 Å². The van der Waals surface area contributed by atoms with Crippen LogP contribution < -0.4 is 14.5 Å². The molecule has 0 aromatic heterocycles. The standard InChI is InChI=1S/C17H25F3N2O/c1-2-21-9-11-22(12-10-21)8-3-4-13-23-16-7-5-6-15(14-16)17(18,19)20/h5-7,14H,2-4,8-13H2,1H3/p+2. The van der Waals surface area contributed by atoms with Gasteiger partial charge in [-0.25, -0.2) is 0 Å². The van der Waals surface area contributed by atoms with E-state index in [9.17, 15) is 13.2 Å². The second kappa shape index (κ2) is 8.55. The second-order valence-corrected chi connectivity index (χ2v) is 6.18. The zero-order chi connectivity index (χ0) is 16.7. The first-order valence-corrected chi connectivity index (χ1v) is 8.46. The molecule has 0 aliphatic carbocycles. The monoisotopic (exact) mass is 332 g/mol. The van der Waals surface area contributed by atoms with Crippen molar-refractivity contribution in [3.05, 3.63) is 29.8 Å². The molecule has 1 aliphatic heterocycles. The zero-order valence-corrected chi connectivity index (χ0v) is 13.7. The Morgan fingerprint density at radius 2 is 1.74 bits per heavy atom. The summed E-state index contributed by atoms with van der Waals surface area (Å²) in [5.74, 6) is 0.298. The smallest absolute Gasteiger partial charge is 0.416 e. The third-order valence-electron chi connectivity index (χ3n) is 4.52. The molecular formula is C17H27F3N2O+2. The normalized spacial score (nSPS) is 22.1. The maximum atomic E-state index is 12.6. The highest BCUT2D eigenvalue weighted by Gasteiger charge is 2.30. The first-order chi connectivity index (χ1) is 11.0. The van der Waals surface area contributed by atoms with Gasteiger partial charge in [-0.3, -0.25) is 0 Å². The van der Waals surface area contributed by atoms with Gasteiger partial charge in [-0.15, -0.1) is 0 Å². The van der Waals surface area contributed by atoms with Crippen LogP contribution in [-0.2, 0) is 6.18 Å². The van der Waals surface area contributed by atoms with Crippen LogP contribution in [-0.4, -0.2) is 45.9 Å². The summed E-state index contributed by atoms with van der Waals surface area (Å²) in [4.78, 5) is 3.32. The first-order valence-electron chi connectivity index (χ1n) is 8.46. The molecule has 0 unspecified atom stereocenters. The van der Waals surface area contributed by atoms with Gasteiger partial charge in [0.1, 0.15) is 31.9 Å². The molecule has 0 bridgehead atoms. The topological polar surface area (TPSA) is 18.1 Å². The largest absolute Gasteiger partial charge is 0.494 e. The molecule has 0 atom stereocenters. The fourth-order valence-electron chi connectivity index (χ4n) is 2.99. The molecule has 6 heteroatoms. The molecule has 1 aliphatic rings. The van der Waals surface area contributed by atoms with Crippen molar-refractivity contribution >= 4 is 0 Å². The maximum absolute atomic E-state index is 12.6. The van der Waals surface area contributed by atoms with E-state index in [0.29, 0.717) is 12.4 Å². The average molecular weight is 332 g/mol. The third-order valence-corrected chi connectivity index (χ3v) is 4.52. The van der Waals surface area contributed by atoms with Crippen molar-refractivity contribution in [3.63, 3.8) is 0 Å². The van der Waals surface area contributed by atoms with E-state index in [1.165, 1.54) is 38.8 Å². The molecule has 1 saturated heterocycles. The molecular weight excluding hydrogens is 305 g/mol. The van der Waals surface area contributed by atoms with Crippen molar-refractivity contribution in [3.8, 4) is 5.75 Å². The van der Waals surface area contributed by atoms with Gasteiger partial charge in [-0.1, -0.05) is 6.07 Å². The number of quaternary nitrogens is 2. The lowest BCUT2D eigenvalue weighted by Gasteiger charge is -2.28. The van der Waals surface area contributed by atoms with Crippen molar-refractivity contribution in [2.24, 2.45) is 0 Å². The number of unbranched alkanes of at least 4 members (excludes halogenated alkanes) is 1. The number of ether oxygens (including phenoxy) is 1. The Kier molecular flexibility index (Phi) is 6.72. The van der Waals surface area contributed by atoms with Crippen LogP contribution in [0.1, 0.15) is 25.3 Å². The van der Waals surface area contributed by atoms with E-state index in [1.54, 1.807) is 15.9 Å². The third kappa shape index (κ3) is 6.03. The number of benzene rings is 1. The summed E-state index contributed by atoms with van der Waals surface area (Å²) in [6.07, 6.45) is -2.38. The molecule has 0 radical (unpaired) electrons. The van der Waals surface area contributed by atoms with E-state index in [0.717, 1.165) is 31.5 Å². The Morgan fingerprint density at radius 3 is 2.39 bits per heavy atom. The van der Waals surface area contributed by atoms with E-state index in [4.69, 9.17) is 4.74 Å². The van der Waals surface area contributed by atoms with Gasteiger partial charge in [0.25, 0.3) is 0 Å². The highest BCUT2D eigenvalue weighted by Crippen LogP contribution is 2.31. The molecule has 23 heavy (non-hydrogen) atoms. The predicted octanol–water partition coefficient (Wildman–Crippen LogP) is 0.668. The Balaban J connectivity index is 1.63. The minimum atomic E-state index is -4.31. The minimum Gasteiger partial charge on any atom is -0.494 e. The van der Waals surface area contributed by atoms with Crippen LogP contribution in [0.25, 0.3) is 0 Å². The molecule has 0 amide bonds. The summed E-state index contributed by atoms with van der Waals surface area (Å²) in [6.45, 7) is 9.96. The number of hydrogen-bond donors (Lipinski definition) is 2. The number of rotatable bonds is 7. The van der Waals surface area contributed by atoms with Crippen LogP contribution >= 0.6 is 0 Å². The van der Waals surface area contributed by atoms with E-state index in [1.807, 2.05) is 0 Å². The Bertz CT molecular complexity index is 471. The summed E-state index contributed by atoms with van der Waals surface area (Å²) in [5.41, 5.74) is -0.657. The maximum Gasteiger partial charge on any atom is 0.416 e. The SMILES string of the molecule is CC[NH+]1CC[NH+](CCCCOc2cccc(C(F)(F)F)c2)CC1. The van der Waals surface area contributed by atoms with Crippen LogP contribution in [0.3, 0.4) is 0 Å². The molecule has 0 saturated carbocycles. The van der Waals surface area contributed by atoms with Crippen molar-refractivity contribution < 1.29 is 27.7 Å². The van der Waals surface area contributed by atoms with Gasteiger partial charge in [-0.05, 0) is 38.0 Å². The zero-order valence-electron chi connectivity index (χ0n) is 13.7. The lowest BCUT2D eigenvalue weighted by Crippen LogP contribution is -3.28. The lowest BCUT2D eigenvalue weighted by molar-refractivity contribution is -1.01. The van der Waals surface area contributed by atoms with Crippen LogP contribution in [0.2, 0.25) is 0 Å². The van der Waals surface area contributed by atoms with Crippen molar-refractivity contribution in [1.29, 1.82) is 0 Å². The summed E-state index contributed by atoms with van der Waals surface area (Å²) >= 11 is 0. The molecule has 2 rings (SSSR count). The first kappa shape index (κ1) is 18.1. The van der Waals surface area contributed by atoms with Gasteiger partial charge in [0, 0.05) is 0 Å². The Hall–Kier alpha value is -1.27. The number of nitrogens with one attached hydrogen (secondary N) is 2. The van der Waals surface area contributed by atoms with Crippen LogP contribution in [0.15, 0.2) is 24.3 Å². The fourth-order valence-corrected chi connectivity index (χ4v) is 2.99. The Morgan fingerprint density at radius 1 is 1.04 bits per heavy atom. The van der Waals surface area contributed by atoms with Crippen molar-refractivity contribution in [1.82, 2.24) is 0 Å². The molecule has 1 aromatic carbocycles. The molecule has 0 spiro atoms. The minimum absolute atomic E-state index is 0.298. The molecule has 2 N–H and O–H groups in total. The quantitative estimate of drug-likeness (QED) is 0.703. The van der Waals surface area contributed by atoms with Gasteiger partial charge in [0.2, 0.25) is 0 Å². The number of halogens is 3. The summed E-state index contributed by atoms with van der Waals surface area (Å²) in [6, 6.07) is 5.09. The average Bonchev–Trinajstić information content (AvgIpc) is 2.54. The van der Waals surface area contributed by atoms with E-state index in [-0.39, 0.29) is 0 Å². The van der Waals surface area contributed by atoms with Gasteiger partial charge < -0.3 is 14.5 Å². The number of hydrogen-bond acceptors (Lipinski definition) is 1. The summed E-state index contributed by atoms with van der Waals surface area (Å²) in [7, 11) is 0. The highest BCUT2D eigenvalue weighted by atomic mass is 19.4. The van der Waals surface area contributed by atoms with Gasteiger partial charge in [0.05, 0.1) is 25.3 Å². The number of piperazine rings is 1. The van der Waals surface area contributed by atoms with Crippen molar-refractivity contribution in [2.75, 3.05) is 45.9 Å². The molecule has 1 fully saturated rings. The van der Waals surface area contributed by atoms with E-state index >= 15 is 0 Å². The predicted molar refractivity (Wildman–Crippen MR) is 83.0 cm³/mol. The van der Waals surface area contributed by atoms with Crippen LogP contribution in [0.4, 0.5) is 13.2 Å². The number of likely N-dealkylation sites (N-methyl/N-ethyl adjacent to an activating group) is 1. The molecule has 3 nitrogen and oxygen atoms in total. The van der Waals surface area contributed by atoms with Gasteiger partial charge in [0.15, 0.2) is 0 Å². The molecule has 1 heterocycles. The summed E-state index contributed by atoms with van der Waals surface area (Å²) < 4.78 is 43.3. The van der Waals surface area contributed by atoms with Gasteiger partial charge >= 0.3 is 6.18 Å².